The SMILES string of the molecule is C.[Al].[Ti].[Ti].[V]. The van der Waals surface area contributed by atoms with Gasteiger partial charge in [-0.1, -0.05) is 7.43 Å². The molecule has 0 fully saturated rings. The monoisotopic (exact) mass is 190 g/mol. The topological polar surface area (TPSA) is 0 Å². The van der Waals surface area contributed by atoms with E-state index in [0.29, 0.717) is 0 Å². The molecule has 4 heteroatoms. The molecule has 0 aliphatic carbocycles. The van der Waals surface area contributed by atoms with Crippen LogP contribution in [0.3, 0.4) is 0 Å². The van der Waals surface area contributed by atoms with Crippen molar-refractivity contribution in [1.82, 2.24) is 0 Å². The molecule has 0 atom stereocenters. The van der Waals surface area contributed by atoms with Gasteiger partial charge in [0.15, 0.2) is 0 Å². The summed E-state index contributed by atoms with van der Waals surface area (Å²) in [6.45, 7) is 0. The summed E-state index contributed by atoms with van der Waals surface area (Å²) in [5.41, 5.74) is 0. The van der Waals surface area contributed by atoms with E-state index in [1.807, 2.05) is 0 Å². The van der Waals surface area contributed by atoms with Gasteiger partial charge in [-0.3, -0.25) is 0 Å². The van der Waals surface area contributed by atoms with Gasteiger partial charge in [0.1, 0.15) is 0 Å². The van der Waals surface area contributed by atoms with E-state index in [9.17, 15) is 0 Å². The first-order valence-electron chi connectivity index (χ1n) is 0. The van der Waals surface area contributed by atoms with Crippen molar-refractivity contribution in [1.29, 1.82) is 0 Å². The second-order valence-electron chi connectivity index (χ2n) is 0. The molecule has 0 nitrogen and oxygen atoms in total. The van der Waals surface area contributed by atoms with Crippen molar-refractivity contribution in [2.75, 3.05) is 0 Å². The van der Waals surface area contributed by atoms with Crippen LogP contribution in [0.4, 0.5) is 0 Å². The Morgan fingerprint density at radius 1 is 0.800 bits per heavy atom. The standard InChI is InChI=1S/CH4.Al.2Ti.V/h1H4;;;;. The van der Waals surface area contributed by atoms with E-state index in [1.54, 1.807) is 0 Å². The molecule has 0 saturated heterocycles. The molecular formula is CH4AlTi2V. The third-order valence-electron chi connectivity index (χ3n) is 0. The molecule has 0 aromatic carbocycles. The fraction of sp³-hybridized carbons (Fsp3) is 1.00. The normalized spacial score (nSPS) is 0. The fourth-order valence-electron chi connectivity index (χ4n) is 0. The molecule has 0 bridgehead atoms. The van der Waals surface area contributed by atoms with E-state index in [-0.39, 0.29) is 86.8 Å². The van der Waals surface area contributed by atoms with Gasteiger partial charge in [-0.2, -0.15) is 0 Å². The average Bonchev–Trinajstić information content (AvgIpc) is 0. The summed E-state index contributed by atoms with van der Waals surface area (Å²) in [7, 11) is 0. The Bertz CT molecular complexity index is 9.61. The van der Waals surface area contributed by atoms with Crippen LogP contribution < -0.4 is 0 Å². The third-order valence-corrected chi connectivity index (χ3v) is 0. The average molecular weight is 190 g/mol. The first-order valence-corrected chi connectivity index (χ1v) is 0. The second kappa shape index (κ2) is 31.1. The first kappa shape index (κ1) is 49.9. The van der Waals surface area contributed by atoms with Crippen LogP contribution in [-0.2, 0) is 62.0 Å². The zero-order chi connectivity index (χ0) is 0. The Hall–Kier alpha value is 2.55. The molecule has 0 unspecified atom stereocenters. The Labute approximate surface area is 85.6 Å². The zero-order valence-corrected chi connectivity index (χ0v) is 7.70. The summed E-state index contributed by atoms with van der Waals surface area (Å²) < 4.78 is 0. The van der Waals surface area contributed by atoms with Crippen LogP contribution in [0.25, 0.3) is 0 Å². The van der Waals surface area contributed by atoms with Crippen LogP contribution in [0.5, 0.6) is 0 Å². The predicted octanol–water partition coefficient (Wildman–Crippen LogP) is 0.248. The molecule has 24 valence electrons. The number of hydrogen-bond acceptors (Lipinski definition) is 0. The van der Waals surface area contributed by atoms with Gasteiger partial charge in [0.25, 0.3) is 0 Å². The smallest absolute Gasteiger partial charge is 0 e. The summed E-state index contributed by atoms with van der Waals surface area (Å²) in [5, 5.41) is 0. The van der Waals surface area contributed by atoms with E-state index in [4.69, 9.17) is 0 Å². The first-order chi connectivity index (χ1) is 0. The zero-order valence-electron chi connectivity index (χ0n) is 2.02. The number of rotatable bonds is 0. The van der Waals surface area contributed by atoms with Crippen LogP contribution in [-0.4, -0.2) is 17.4 Å². The van der Waals surface area contributed by atoms with Crippen molar-refractivity contribution < 1.29 is 62.0 Å². The van der Waals surface area contributed by atoms with Gasteiger partial charge >= 0.3 is 0 Å². The van der Waals surface area contributed by atoms with E-state index in [2.05, 4.69) is 0 Å². The quantitative estimate of drug-likeness (QED) is 0.480. The van der Waals surface area contributed by atoms with E-state index in [0.717, 1.165) is 0 Å². The minimum Gasteiger partial charge on any atom is -0.0776 e. The molecule has 0 aromatic rings. The van der Waals surface area contributed by atoms with Crippen molar-refractivity contribution in [3.05, 3.63) is 0 Å². The molecule has 5 heavy (non-hydrogen) atoms. The minimum atomic E-state index is 0. The molecule has 0 N–H and O–H groups in total. The molecule has 0 heterocycles. The maximum atomic E-state index is 0. The van der Waals surface area contributed by atoms with Crippen LogP contribution in [0.15, 0.2) is 0 Å². The van der Waals surface area contributed by atoms with Gasteiger partial charge in [-0.05, 0) is 0 Å². The van der Waals surface area contributed by atoms with Gasteiger partial charge in [0, 0.05) is 79.4 Å². The van der Waals surface area contributed by atoms with Crippen molar-refractivity contribution in [3.63, 3.8) is 0 Å². The third kappa shape index (κ3) is 20.9. The summed E-state index contributed by atoms with van der Waals surface area (Å²) in [5.74, 6) is 0. The van der Waals surface area contributed by atoms with Gasteiger partial charge < -0.3 is 0 Å². The largest absolute Gasteiger partial charge is 0.0776 e. The molecule has 0 aliphatic rings. The number of hydrogen-bond donors (Lipinski definition) is 0. The maximum absolute atomic E-state index is 0. The van der Waals surface area contributed by atoms with Crippen LogP contribution in [0.2, 0.25) is 0 Å². The van der Waals surface area contributed by atoms with Crippen molar-refractivity contribution in [2.24, 2.45) is 0 Å². The molecule has 0 spiro atoms. The Morgan fingerprint density at radius 2 is 0.800 bits per heavy atom. The molecule has 0 aromatic heterocycles. The molecule has 4 radical (unpaired) electrons. The van der Waals surface area contributed by atoms with Crippen molar-refractivity contribution in [2.45, 2.75) is 7.43 Å². The van der Waals surface area contributed by atoms with Crippen molar-refractivity contribution in [3.8, 4) is 0 Å². The van der Waals surface area contributed by atoms with Gasteiger partial charge in [-0.25, -0.2) is 0 Å². The summed E-state index contributed by atoms with van der Waals surface area (Å²) >= 11 is 0. The van der Waals surface area contributed by atoms with Crippen LogP contribution >= 0.6 is 0 Å². The molecular weight excluding hydrogens is 186 g/mol. The van der Waals surface area contributed by atoms with E-state index >= 15 is 0 Å². The summed E-state index contributed by atoms with van der Waals surface area (Å²) in [4.78, 5) is 0. The Balaban J connectivity index is 0. The summed E-state index contributed by atoms with van der Waals surface area (Å²) in [6, 6.07) is 0. The minimum absolute atomic E-state index is 0. The fourth-order valence-corrected chi connectivity index (χ4v) is 0. The van der Waals surface area contributed by atoms with E-state index in [1.165, 1.54) is 0 Å². The van der Waals surface area contributed by atoms with Crippen LogP contribution in [0, 0.1) is 0 Å². The maximum Gasteiger partial charge on any atom is 0 e. The summed E-state index contributed by atoms with van der Waals surface area (Å²) in [6.07, 6.45) is 0. The van der Waals surface area contributed by atoms with Gasteiger partial charge in [0.2, 0.25) is 0 Å². The Kier molecular flexibility index (Phi) is 310. The molecule has 0 amide bonds. The van der Waals surface area contributed by atoms with Gasteiger partial charge in [-0.15, -0.1) is 0 Å². The Morgan fingerprint density at radius 3 is 0.800 bits per heavy atom. The van der Waals surface area contributed by atoms with Crippen molar-refractivity contribution >= 4 is 17.4 Å². The second-order valence-corrected chi connectivity index (χ2v) is 0. The predicted molar refractivity (Wildman–Crippen MR) is 12.5 cm³/mol. The van der Waals surface area contributed by atoms with Gasteiger partial charge in [0.05, 0.1) is 0 Å². The molecule has 0 aliphatic heterocycles. The molecule has 0 saturated carbocycles. The molecule has 0 rings (SSSR count). The van der Waals surface area contributed by atoms with Crippen LogP contribution in [0.1, 0.15) is 7.43 Å². The van der Waals surface area contributed by atoms with E-state index < -0.39 is 0 Å².